The lowest BCUT2D eigenvalue weighted by molar-refractivity contribution is -0.125. The average Bonchev–Trinajstić information content (AvgIpc) is 2.76. The number of hydrogen-bond acceptors (Lipinski definition) is 3. The molecule has 5 heteroatoms. The molecule has 1 unspecified atom stereocenters. The van der Waals surface area contributed by atoms with Gasteiger partial charge in [-0.2, -0.15) is 0 Å². The fraction of sp³-hybridized carbons (Fsp3) is 0.778. The van der Waals surface area contributed by atoms with Crippen LogP contribution in [0.5, 0.6) is 0 Å². The first-order valence-corrected chi connectivity index (χ1v) is 4.93. The monoisotopic (exact) mass is 198 g/mol. The van der Waals surface area contributed by atoms with E-state index in [0.29, 0.717) is 12.5 Å². The summed E-state index contributed by atoms with van der Waals surface area (Å²) < 4.78 is 5.22. The van der Waals surface area contributed by atoms with Crippen molar-refractivity contribution in [3.63, 3.8) is 0 Å². The lowest BCUT2D eigenvalue weighted by Crippen LogP contribution is -2.32. The van der Waals surface area contributed by atoms with Gasteiger partial charge in [-0.25, -0.2) is 4.79 Å². The third kappa shape index (κ3) is 1.87. The Bertz CT molecular complexity index is 232. The van der Waals surface area contributed by atoms with Gasteiger partial charge in [-0.1, -0.05) is 0 Å². The van der Waals surface area contributed by atoms with Gasteiger partial charge in [0.05, 0.1) is 6.54 Å². The van der Waals surface area contributed by atoms with Crippen molar-refractivity contribution < 1.29 is 14.3 Å². The maximum atomic E-state index is 11.2. The van der Waals surface area contributed by atoms with E-state index < -0.39 is 0 Å². The van der Waals surface area contributed by atoms with Crippen molar-refractivity contribution in [1.82, 2.24) is 10.2 Å². The molecule has 2 rings (SSSR count). The van der Waals surface area contributed by atoms with Gasteiger partial charge in [-0.05, 0) is 18.8 Å². The van der Waals surface area contributed by atoms with Gasteiger partial charge in [0, 0.05) is 19.8 Å². The standard InChI is InChI=1S/C9H14N2O3/c12-8-5-10-9(13)11(8)3-1-7-2-4-14-6-7/h7H,1-6H2,(H,10,13). The molecule has 2 saturated heterocycles. The van der Waals surface area contributed by atoms with Gasteiger partial charge >= 0.3 is 6.03 Å². The molecule has 1 atom stereocenters. The van der Waals surface area contributed by atoms with Gasteiger partial charge in [0.1, 0.15) is 0 Å². The fourth-order valence-electron chi connectivity index (χ4n) is 1.80. The Hall–Kier alpha value is -1.10. The summed E-state index contributed by atoms with van der Waals surface area (Å²) in [5, 5.41) is 2.50. The summed E-state index contributed by atoms with van der Waals surface area (Å²) in [7, 11) is 0. The number of rotatable bonds is 3. The number of hydrogen-bond donors (Lipinski definition) is 1. The quantitative estimate of drug-likeness (QED) is 0.647. The first-order chi connectivity index (χ1) is 6.77. The van der Waals surface area contributed by atoms with Crippen molar-refractivity contribution in [2.45, 2.75) is 12.8 Å². The maximum Gasteiger partial charge on any atom is 0.324 e. The molecule has 0 aromatic heterocycles. The Morgan fingerprint density at radius 2 is 2.36 bits per heavy atom. The van der Waals surface area contributed by atoms with Gasteiger partial charge in [-0.15, -0.1) is 0 Å². The smallest absolute Gasteiger partial charge is 0.324 e. The molecule has 5 nitrogen and oxygen atoms in total. The Kier molecular flexibility index (Phi) is 2.67. The van der Waals surface area contributed by atoms with E-state index in [1.807, 2.05) is 0 Å². The lowest BCUT2D eigenvalue weighted by Gasteiger charge is -2.14. The number of nitrogens with zero attached hydrogens (tertiary/aromatic N) is 1. The van der Waals surface area contributed by atoms with Crippen LogP contribution in [-0.2, 0) is 9.53 Å². The van der Waals surface area contributed by atoms with Crippen LogP contribution in [0.15, 0.2) is 0 Å². The molecule has 1 N–H and O–H groups in total. The Balaban J connectivity index is 1.78. The van der Waals surface area contributed by atoms with E-state index in [4.69, 9.17) is 4.74 Å². The molecule has 2 aliphatic heterocycles. The summed E-state index contributed by atoms with van der Waals surface area (Å²) in [6, 6.07) is -0.256. The van der Waals surface area contributed by atoms with Gasteiger partial charge < -0.3 is 10.1 Å². The molecule has 0 radical (unpaired) electrons. The topological polar surface area (TPSA) is 58.6 Å². The summed E-state index contributed by atoms with van der Waals surface area (Å²) in [5.74, 6) is 0.394. The van der Waals surface area contributed by atoms with Crippen LogP contribution in [0.25, 0.3) is 0 Å². The molecule has 3 amide bonds. The zero-order chi connectivity index (χ0) is 9.97. The zero-order valence-electron chi connectivity index (χ0n) is 7.99. The summed E-state index contributed by atoms with van der Waals surface area (Å²) in [6.07, 6.45) is 1.91. The van der Waals surface area contributed by atoms with Crippen LogP contribution in [0.2, 0.25) is 0 Å². The van der Waals surface area contributed by atoms with E-state index in [1.165, 1.54) is 4.90 Å². The molecule has 14 heavy (non-hydrogen) atoms. The highest BCUT2D eigenvalue weighted by atomic mass is 16.5. The van der Waals surface area contributed by atoms with Crippen LogP contribution in [0.1, 0.15) is 12.8 Å². The summed E-state index contributed by atoms with van der Waals surface area (Å²) in [6.45, 7) is 2.26. The van der Waals surface area contributed by atoms with E-state index in [2.05, 4.69) is 5.32 Å². The predicted molar refractivity (Wildman–Crippen MR) is 48.7 cm³/mol. The number of carbonyl (C=O) groups excluding carboxylic acids is 2. The second kappa shape index (κ2) is 3.96. The van der Waals surface area contributed by atoms with Gasteiger partial charge in [-0.3, -0.25) is 9.69 Å². The minimum absolute atomic E-state index is 0.117. The summed E-state index contributed by atoms with van der Waals surface area (Å²) in [5.41, 5.74) is 0. The molecule has 0 saturated carbocycles. The highest BCUT2D eigenvalue weighted by molar-refractivity contribution is 6.01. The van der Waals surface area contributed by atoms with Crippen LogP contribution in [0.3, 0.4) is 0 Å². The summed E-state index contributed by atoms with van der Waals surface area (Å²) >= 11 is 0. The molecular weight excluding hydrogens is 184 g/mol. The molecule has 78 valence electrons. The second-order valence-electron chi connectivity index (χ2n) is 3.72. The third-order valence-corrected chi connectivity index (χ3v) is 2.72. The van der Waals surface area contributed by atoms with Crippen molar-refractivity contribution in [3.05, 3.63) is 0 Å². The van der Waals surface area contributed by atoms with Gasteiger partial charge in [0.15, 0.2) is 0 Å². The molecule has 0 aromatic carbocycles. The molecular formula is C9H14N2O3. The van der Waals surface area contributed by atoms with E-state index in [-0.39, 0.29) is 18.5 Å². The molecule has 0 aliphatic carbocycles. The first-order valence-electron chi connectivity index (χ1n) is 4.93. The molecule has 2 heterocycles. The van der Waals surface area contributed by atoms with Crippen LogP contribution in [0, 0.1) is 5.92 Å². The molecule has 0 aromatic rings. The number of ether oxygens (including phenoxy) is 1. The molecule has 0 bridgehead atoms. The highest BCUT2D eigenvalue weighted by Gasteiger charge is 2.29. The fourth-order valence-corrected chi connectivity index (χ4v) is 1.80. The summed E-state index contributed by atoms with van der Waals surface area (Å²) in [4.78, 5) is 23.6. The van der Waals surface area contributed by atoms with Crippen molar-refractivity contribution in [3.8, 4) is 0 Å². The van der Waals surface area contributed by atoms with Crippen LogP contribution >= 0.6 is 0 Å². The number of imide groups is 1. The van der Waals surface area contributed by atoms with Crippen molar-refractivity contribution in [2.75, 3.05) is 26.3 Å². The lowest BCUT2D eigenvalue weighted by atomic mass is 10.1. The normalized spacial score (nSPS) is 27.1. The van der Waals surface area contributed by atoms with Crippen LogP contribution in [-0.4, -0.2) is 43.1 Å². The van der Waals surface area contributed by atoms with Gasteiger partial charge in [0.2, 0.25) is 5.91 Å². The highest BCUT2D eigenvalue weighted by Crippen LogP contribution is 2.17. The van der Waals surface area contributed by atoms with Crippen molar-refractivity contribution in [2.24, 2.45) is 5.92 Å². The SMILES string of the molecule is O=C1CNC(=O)N1CCC1CCOC1. The van der Waals surface area contributed by atoms with E-state index >= 15 is 0 Å². The van der Waals surface area contributed by atoms with Crippen LogP contribution in [0.4, 0.5) is 4.79 Å². The van der Waals surface area contributed by atoms with Crippen molar-refractivity contribution in [1.29, 1.82) is 0 Å². The minimum Gasteiger partial charge on any atom is -0.381 e. The Morgan fingerprint density at radius 3 is 2.93 bits per heavy atom. The number of carbonyl (C=O) groups is 2. The van der Waals surface area contributed by atoms with E-state index in [0.717, 1.165) is 26.1 Å². The Morgan fingerprint density at radius 1 is 1.50 bits per heavy atom. The molecule has 0 spiro atoms. The molecule has 2 aliphatic rings. The third-order valence-electron chi connectivity index (χ3n) is 2.72. The second-order valence-corrected chi connectivity index (χ2v) is 3.72. The number of nitrogens with one attached hydrogen (secondary N) is 1. The predicted octanol–water partition coefficient (Wildman–Crippen LogP) is -0.0352. The Labute approximate surface area is 82.4 Å². The molecule has 2 fully saturated rings. The number of urea groups is 1. The minimum atomic E-state index is -0.256. The average molecular weight is 198 g/mol. The maximum absolute atomic E-state index is 11.2. The van der Waals surface area contributed by atoms with E-state index in [9.17, 15) is 9.59 Å². The van der Waals surface area contributed by atoms with Crippen molar-refractivity contribution >= 4 is 11.9 Å². The van der Waals surface area contributed by atoms with Crippen LogP contribution < -0.4 is 5.32 Å². The number of amides is 3. The largest absolute Gasteiger partial charge is 0.381 e. The van der Waals surface area contributed by atoms with E-state index in [1.54, 1.807) is 0 Å². The first kappa shape index (κ1) is 9.45. The zero-order valence-corrected chi connectivity index (χ0v) is 7.99. The van der Waals surface area contributed by atoms with Gasteiger partial charge in [0.25, 0.3) is 0 Å².